The molecular formula is C11H12Cl2OS. The summed E-state index contributed by atoms with van der Waals surface area (Å²) in [6.45, 7) is 0.700. The summed E-state index contributed by atoms with van der Waals surface area (Å²) >= 11 is 13.5. The molecule has 1 aromatic rings. The molecule has 1 fully saturated rings. The molecule has 0 amide bonds. The highest BCUT2D eigenvalue weighted by Crippen LogP contribution is 2.49. The van der Waals surface area contributed by atoms with Crippen LogP contribution in [0.25, 0.3) is 0 Å². The van der Waals surface area contributed by atoms with Crippen LogP contribution in [0.15, 0.2) is 35.2 Å². The van der Waals surface area contributed by atoms with Gasteiger partial charge in [0.2, 0.25) is 0 Å². The molecule has 1 aromatic carbocycles. The molecule has 15 heavy (non-hydrogen) atoms. The average molecular weight is 263 g/mol. The number of ether oxygens (including phenoxy) is 1. The first-order chi connectivity index (χ1) is 7.18. The van der Waals surface area contributed by atoms with Gasteiger partial charge in [-0.3, -0.25) is 0 Å². The molecule has 0 spiro atoms. The van der Waals surface area contributed by atoms with Gasteiger partial charge in [-0.05, 0) is 12.1 Å². The Morgan fingerprint density at radius 2 is 2.00 bits per heavy atom. The van der Waals surface area contributed by atoms with Gasteiger partial charge in [-0.2, -0.15) is 0 Å². The van der Waals surface area contributed by atoms with Gasteiger partial charge in [0.15, 0.2) is 0 Å². The molecule has 82 valence electrons. The summed E-state index contributed by atoms with van der Waals surface area (Å²) in [5.74, 6) is 0.935. The van der Waals surface area contributed by atoms with Crippen LogP contribution < -0.4 is 0 Å². The molecule has 1 aliphatic carbocycles. The number of alkyl halides is 2. The SMILES string of the molecule is ClC1(Cl)CC1OCCSc1ccccc1. The van der Waals surface area contributed by atoms with E-state index in [2.05, 4.69) is 12.1 Å². The van der Waals surface area contributed by atoms with Crippen LogP contribution in [0.4, 0.5) is 0 Å². The van der Waals surface area contributed by atoms with Crippen molar-refractivity contribution in [3.05, 3.63) is 30.3 Å². The number of hydrogen-bond donors (Lipinski definition) is 0. The standard InChI is InChI=1S/C11H12Cl2OS/c12-11(13)8-10(11)14-6-7-15-9-4-2-1-3-5-9/h1-5,10H,6-8H2. The maximum Gasteiger partial charge on any atom is 0.146 e. The summed E-state index contributed by atoms with van der Waals surface area (Å²) in [4.78, 5) is 1.26. The van der Waals surface area contributed by atoms with E-state index >= 15 is 0 Å². The maximum atomic E-state index is 5.84. The van der Waals surface area contributed by atoms with Crippen LogP contribution in [0.2, 0.25) is 0 Å². The molecular weight excluding hydrogens is 251 g/mol. The first kappa shape index (κ1) is 11.6. The van der Waals surface area contributed by atoms with Gasteiger partial charge in [0.05, 0.1) is 12.7 Å². The fraction of sp³-hybridized carbons (Fsp3) is 0.455. The minimum Gasteiger partial charge on any atom is -0.374 e. The van der Waals surface area contributed by atoms with Gasteiger partial charge in [0.1, 0.15) is 4.33 Å². The Hall–Kier alpha value is 0.110. The van der Waals surface area contributed by atoms with E-state index in [9.17, 15) is 0 Å². The van der Waals surface area contributed by atoms with Crippen LogP contribution in [0.3, 0.4) is 0 Å². The molecule has 1 nitrogen and oxygen atoms in total. The van der Waals surface area contributed by atoms with Gasteiger partial charge in [0.25, 0.3) is 0 Å². The van der Waals surface area contributed by atoms with Gasteiger partial charge in [-0.15, -0.1) is 11.8 Å². The Labute approximate surface area is 104 Å². The van der Waals surface area contributed by atoms with Gasteiger partial charge in [0, 0.05) is 17.1 Å². The molecule has 4 heteroatoms. The molecule has 0 aromatic heterocycles. The van der Waals surface area contributed by atoms with Crippen molar-refractivity contribution in [2.24, 2.45) is 0 Å². The van der Waals surface area contributed by atoms with E-state index in [0.29, 0.717) is 6.61 Å². The van der Waals surface area contributed by atoms with Crippen molar-refractivity contribution in [3.63, 3.8) is 0 Å². The second kappa shape index (κ2) is 4.96. The number of thioether (sulfide) groups is 1. The monoisotopic (exact) mass is 262 g/mol. The summed E-state index contributed by atoms with van der Waals surface area (Å²) in [7, 11) is 0. The molecule has 0 aliphatic heterocycles. The van der Waals surface area contributed by atoms with Crippen molar-refractivity contribution in [3.8, 4) is 0 Å². The zero-order valence-corrected chi connectivity index (χ0v) is 10.5. The second-order valence-corrected chi connectivity index (χ2v) is 6.20. The first-order valence-electron chi connectivity index (χ1n) is 4.86. The van der Waals surface area contributed by atoms with Crippen molar-refractivity contribution < 1.29 is 4.74 Å². The lowest BCUT2D eigenvalue weighted by atomic mass is 10.4. The number of benzene rings is 1. The second-order valence-electron chi connectivity index (χ2n) is 3.49. The lowest BCUT2D eigenvalue weighted by Crippen LogP contribution is -2.05. The predicted octanol–water partition coefficient (Wildman–Crippen LogP) is 3.74. The Morgan fingerprint density at radius 1 is 1.33 bits per heavy atom. The number of hydrogen-bond acceptors (Lipinski definition) is 2. The highest BCUT2D eigenvalue weighted by atomic mass is 35.5. The topological polar surface area (TPSA) is 9.23 Å². The normalized spacial score (nSPS) is 22.7. The fourth-order valence-corrected chi connectivity index (χ4v) is 2.41. The van der Waals surface area contributed by atoms with E-state index in [-0.39, 0.29) is 6.10 Å². The Kier molecular flexibility index (Phi) is 3.83. The third-order valence-corrected chi connectivity index (χ3v) is 3.95. The van der Waals surface area contributed by atoms with Crippen LogP contribution in [-0.4, -0.2) is 22.8 Å². The van der Waals surface area contributed by atoms with Crippen LogP contribution in [-0.2, 0) is 4.74 Å². The van der Waals surface area contributed by atoms with Crippen LogP contribution in [0.5, 0.6) is 0 Å². The summed E-state index contributed by atoms with van der Waals surface area (Å²) in [5.41, 5.74) is 0. The average Bonchev–Trinajstić information content (AvgIpc) is 2.83. The molecule has 1 aliphatic rings. The van der Waals surface area contributed by atoms with E-state index in [1.165, 1.54) is 4.90 Å². The van der Waals surface area contributed by atoms with Gasteiger partial charge in [-0.25, -0.2) is 0 Å². The van der Waals surface area contributed by atoms with Crippen LogP contribution in [0.1, 0.15) is 6.42 Å². The van der Waals surface area contributed by atoms with Gasteiger partial charge < -0.3 is 4.74 Å². The third kappa shape index (κ3) is 3.56. The predicted molar refractivity (Wildman–Crippen MR) is 66.0 cm³/mol. The van der Waals surface area contributed by atoms with Crippen LogP contribution >= 0.6 is 35.0 Å². The lowest BCUT2D eigenvalue weighted by Gasteiger charge is -2.03. The molecule has 0 N–H and O–H groups in total. The Bertz CT molecular complexity index is 316. The van der Waals surface area contributed by atoms with E-state index < -0.39 is 4.33 Å². The summed E-state index contributed by atoms with van der Waals surface area (Å²) in [5, 5.41) is 0. The molecule has 0 saturated heterocycles. The minimum atomic E-state index is -0.614. The molecule has 1 unspecified atom stereocenters. The van der Waals surface area contributed by atoms with Crippen molar-refractivity contribution in [1.29, 1.82) is 0 Å². The van der Waals surface area contributed by atoms with E-state index in [4.69, 9.17) is 27.9 Å². The summed E-state index contributed by atoms with van der Waals surface area (Å²) < 4.78 is 4.89. The smallest absolute Gasteiger partial charge is 0.146 e. The fourth-order valence-electron chi connectivity index (χ4n) is 1.24. The zero-order chi connectivity index (χ0) is 10.7. The largest absolute Gasteiger partial charge is 0.374 e. The van der Waals surface area contributed by atoms with Crippen molar-refractivity contribution in [2.45, 2.75) is 21.8 Å². The van der Waals surface area contributed by atoms with Crippen LogP contribution in [0, 0.1) is 0 Å². The lowest BCUT2D eigenvalue weighted by molar-refractivity contribution is 0.133. The van der Waals surface area contributed by atoms with Crippen molar-refractivity contribution >= 4 is 35.0 Å². The number of halogens is 2. The highest BCUT2D eigenvalue weighted by Gasteiger charge is 2.52. The molecule has 0 bridgehead atoms. The molecule has 0 radical (unpaired) electrons. The quantitative estimate of drug-likeness (QED) is 0.454. The zero-order valence-electron chi connectivity index (χ0n) is 8.16. The van der Waals surface area contributed by atoms with Gasteiger partial charge in [-0.1, -0.05) is 41.4 Å². The van der Waals surface area contributed by atoms with Crippen molar-refractivity contribution in [2.75, 3.05) is 12.4 Å². The Morgan fingerprint density at radius 3 is 2.60 bits per heavy atom. The molecule has 1 atom stereocenters. The van der Waals surface area contributed by atoms with Gasteiger partial charge >= 0.3 is 0 Å². The molecule has 0 heterocycles. The summed E-state index contributed by atoms with van der Waals surface area (Å²) in [6.07, 6.45) is 0.795. The minimum absolute atomic E-state index is 0.0391. The van der Waals surface area contributed by atoms with E-state index in [0.717, 1.165) is 12.2 Å². The van der Waals surface area contributed by atoms with Crippen molar-refractivity contribution in [1.82, 2.24) is 0 Å². The maximum absolute atomic E-state index is 5.84. The van der Waals surface area contributed by atoms with E-state index in [1.54, 1.807) is 11.8 Å². The highest BCUT2D eigenvalue weighted by molar-refractivity contribution is 7.99. The number of rotatable bonds is 5. The van der Waals surface area contributed by atoms with E-state index in [1.807, 2.05) is 18.2 Å². The molecule has 1 saturated carbocycles. The Balaban J connectivity index is 1.60. The summed E-state index contributed by atoms with van der Waals surface area (Å²) in [6, 6.07) is 10.3. The third-order valence-electron chi connectivity index (χ3n) is 2.18. The first-order valence-corrected chi connectivity index (χ1v) is 6.60. The molecule has 2 rings (SSSR count).